The lowest BCUT2D eigenvalue weighted by Crippen LogP contribution is -2.39. The van der Waals surface area contributed by atoms with E-state index in [1.54, 1.807) is 11.2 Å². The molecule has 2 heterocycles. The molecule has 1 aromatic heterocycles. The van der Waals surface area contributed by atoms with Gasteiger partial charge in [-0.2, -0.15) is 0 Å². The highest BCUT2D eigenvalue weighted by Gasteiger charge is 2.18. The second kappa shape index (κ2) is 8.35. The molecule has 26 heavy (non-hydrogen) atoms. The van der Waals surface area contributed by atoms with Crippen LogP contribution in [0.25, 0.3) is 5.69 Å². The van der Waals surface area contributed by atoms with E-state index in [9.17, 15) is 9.59 Å². The predicted octanol–water partition coefficient (Wildman–Crippen LogP) is 1.71. The Balaban J connectivity index is 1.53. The third kappa shape index (κ3) is 4.43. The van der Waals surface area contributed by atoms with Crippen LogP contribution in [0.3, 0.4) is 0 Å². The number of hydrogen-bond acceptors (Lipinski definition) is 5. The Bertz CT molecular complexity index is 799. The summed E-state index contributed by atoms with van der Waals surface area (Å²) in [5.74, 6) is -0.00656. The van der Waals surface area contributed by atoms with Gasteiger partial charge in [0, 0.05) is 18.8 Å². The van der Waals surface area contributed by atoms with Crippen LogP contribution >= 0.6 is 11.8 Å². The fraction of sp³-hybridized carbons (Fsp3) is 0.444. The average molecular weight is 373 g/mol. The van der Waals surface area contributed by atoms with Crippen molar-refractivity contribution in [2.24, 2.45) is 0 Å². The molecule has 1 saturated heterocycles. The molecule has 0 bridgehead atoms. The van der Waals surface area contributed by atoms with Crippen molar-refractivity contribution in [3.05, 3.63) is 35.7 Å². The van der Waals surface area contributed by atoms with Crippen molar-refractivity contribution in [3.8, 4) is 5.69 Å². The molecule has 0 saturated carbocycles. The van der Waals surface area contributed by atoms with Gasteiger partial charge < -0.3 is 10.2 Å². The SMILES string of the molecule is Cc1ccc(-n2cnnc2SCC(=O)NCC(=O)N2CCCC2)cc1C. The van der Waals surface area contributed by atoms with Gasteiger partial charge in [-0.1, -0.05) is 17.8 Å². The Morgan fingerprint density at radius 1 is 1.19 bits per heavy atom. The number of nitrogens with zero attached hydrogens (tertiary/aromatic N) is 4. The number of aryl methyl sites for hydroxylation is 2. The zero-order chi connectivity index (χ0) is 18.5. The highest BCUT2D eigenvalue weighted by atomic mass is 32.2. The first-order valence-corrected chi connectivity index (χ1v) is 9.68. The summed E-state index contributed by atoms with van der Waals surface area (Å²) in [5.41, 5.74) is 3.37. The number of rotatable bonds is 6. The standard InChI is InChI=1S/C18H23N5O2S/c1-13-5-6-15(9-14(13)2)23-12-20-21-18(23)26-11-16(24)19-10-17(25)22-7-3-4-8-22/h5-6,9,12H,3-4,7-8,10-11H2,1-2H3,(H,19,24). The molecule has 8 heteroatoms. The number of aromatic nitrogens is 3. The van der Waals surface area contributed by atoms with Crippen molar-refractivity contribution in [1.82, 2.24) is 25.0 Å². The lowest BCUT2D eigenvalue weighted by molar-refractivity contribution is -0.131. The van der Waals surface area contributed by atoms with Gasteiger partial charge in [0.25, 0.3) is 0 Å². The summed E-state index contributed by atoms with van der Waals surface area (Å²) in [7, 11) is 0. The summed E-state index contributed by atoms with van der Waals surface area (Å²) in [6, 6.07) is 6.12. The molecule has 138 valence electrons. The first kappa shape index (κ1) is 18.4. The van der Waals surface area contributed by atoms with E-state index in [2.05, 4.69) is 41.5 Å². The van der Waals surface area contributed by atoms with Gasteiger partial charge in [-0.3, -0.25) is 14.2 Å². The highest BCUT2D eigenvalue weighted by molar-refractivity contribution is 7.99. The number of carbonyl (C=O) groups excluding carboxylic acids is 2. The number of hydrogen-bond donors (Lipinski definition) is 1. The molecule has 2 amide bonds. The summed E-state index contributed by atoms with van der Waals surface area (Å²) in [5, 5.41) is 11.4. The molecule has 1 aliphatic rings. The van der Waals surface area contributed by atoms with Gasteiger partial charge >= 0.3 is 0 Å². The molecule has 0 aliphatic carbocycles. The van der Waals surface area contributed by atoms with E-state index >= 15 is 0 Å². The second-order valence-electron chi connectivity index (χ2n) is 6.41. The maximum Gasteiger partial charge on any atom is 0.241 e. The van der Waals surface area contributed by atoms with Crippen LogP contribution in [-0.2, 0) is 9.59 Å². The van der Waals surface area contributed by atoms with Crippen LogP contribution in [0.2, 0.25) is 0 Å². The number of benzene rings is 1. The maximum atomic E-state index is 12.0. The molecule has 3 rings (SSSR count). The number of carbonyl (C=O) groups is 2. The Morgan fingerprint density at radius 2 is 1.96 bits per heavy atom. The fourth-order valence-corrected chi connectivity index (χ4v) is 3.57. The number of likely N-dealkylation sites (tertiary alicyclic amines) is 1. The van der Waals surface area contributed by atoms with Crippen LogP contribution < -0.4 is 5.32 Å². The molecule has 1 fully saturated rings. The van der Waals surface area contributed by atoms with Crippen molar-refractivity contribution in [3.63, 3.8) is 0 Å². The largest absolute Gasteiger partial charge is 0.346 e. The summed E-state index contributed by atoms with van der Waals surface area (Å²) in [4.78, 5) is 25.8. The van der Waals surface area contributed by atoms with Crippen molar-refractivity contribution in [1.29, 1.82) is 0 Å². The molecule has 1 aliphatic heterocycles. The smallest absolute Gasteiger partial charge is 0.241 e. The van der Waals surface area contributed by atoms with Gasteiger partial charge in [-0.15, -0.1) is 10.2 Å². The summed E-state index contributed by atoms with van der Waals surface area (Å²) < 4.78 is 1.86. The molecule has 0 unspecified atom stereocenters. The second-order valence-corrected chi connectivity index (χ2v) is 7.35. The third-order valence-corrected chi connectivity index (χ3v) is 5.46. The summed E-state index contributed by atoms with van der Waals surface area (Å²) >= 11 is 1.30. The summed E-state index contributed by atoms with van der Waals surface area (Å²) in [6.07, 6.45) is 3.73. The van der Waals surface area contributed by atoms with E-state index in [1.165, 1.54) is 22.9 Å². The summed E-state index contributed by atoms with van der Waals surface area (Å²) in [6.45, 7) is 5.77. The van der Waals surface area contributed by atoms with E-state index in [-0.39, 0.29) is 24.1 Å². The lowest BCUT2D eigenvalue weighted by Gasteiger charge is -2.15. The molecule has 7 nitrogen and oxygen atoms in total. The fourth-order valence-electron chi connectivity index (χ4n) is 2.81. The number of amides is 2. The Labute approximate surface area is 157 Å². The predicted molar refractivity (Wildman–Crippen MR) is 100 cm³/mol. The van der Waals surface area contributed by atoms with Gasteiger partial charge in [0.1, 0.15) is 6.33 Å². The van der Waals surface area contributed by atoms with E-state index in [1.807, 2.05) is 10.6 Å². The first-order valence-electron chi connectivity index (χ1n) is 8.69. The zero-order valence-electron chi connectivity index (χ0n) is 15.1. The van der Waals surface area contributed by atoms with Crippen LogP contribution in [0.1, 0.15) is 24.0 Å². The van der Waals surface area contributed by atoms with Crippen LogP contribution in [-0.4, -0.2) is 56.9 Å². The Morgan fingerprint density at radius 3 is 2.69 bits per heavy atom. The Hall–Kier alpha value is -2.35. The normalized spacial score (nSPS) is 13.8. The first-order chi connectivity index (χ1) is 12.5. The van der Waals surface area contributed by atoms with Crippen LogP contribution in [0.5, 0.6) is 0 Å². The molecular formula is C18H23N5O2S. The van der Waals surface area contributed by atoms with Gasteiger partial charge in [0.15, 0.2) is 5.16 Å². The van der Waals surface area contributed by atoms with Crippen LogP contribution in [0.4, 0.5) is 0 Å². The molecule has 1 N–H and O–H groups in total. The van der Waals surface area contributed by atoms with E-state index in [0.717, 1.165) is 31.6 Å². The zero-order valence-corrected chi connectivity index (χ0v) is 15.9. The monoisotopic (exact) mass is 373 g/mol. The van der Waals surface area contributed by atoms with Crippen molar-refractivity contribution < 1.29 is 9.59 Å². The molecule has 0 atom stereocenters. The van der Waals surface area contributed by atoms with E-state index in [0.29, 0.717) is 5.16 Å². The molecule has 0 spiro atoms. The van der Waals surface area contributed by atoms with Gasteiger partial charge in [0.2, 0.25) is 11.8 Å². The van der Waals surface area contributed by atoms with E-state index in [4.69, 9.17) is 0 Å². The Kier molecular flexibility index (Phi) is 5.92. The minimum absolute atomic E-state index is 0.0147. The minimum atomic E-state index is -0.183. The van der Waals surface area contributed by atoms with Crippen molar-refractivity contribution in [2.75, 3.05) is 25.4 Å². The molecule has 1 aromatic carbocycles. The molecular weight excluding hydrogens is 350 g/mol. The molecule has 0 radical (unpaired) electrons. The average Bonchev–Trinajstić information content (AvgIpc) is 3.32. The molecule has 2 aromatic rings. The number of thioether (sulfide) groups is 1. The van der Waals surface area contributed by atoms with E-state index < -0.39 is 0 Å². The number of nitrogens with one attached hydrogen (secondary N) is 1. The third-order valence-electron chi connectivity index (χ3n) is 4.51. The quantitative estimate of drug-likeness (QED) is 0.780. The van der Waals surface area contributed by atoms with Crippen LogP contribution in [0, 0.1) is 13.8 Å². The maximum absolute atomic E-state index is 12.0. The highest BCUT2D eigenvalue weighted by Crippen LogP contribution is 2.21. The lowest BCUT2D eigenvalue weighted by atomic mass is 10.1. The van der Waals surface area contributed by atoms with Crippen LogP contribution in [0.15, 0.2) is 29.7 Å². The van der Waals surface area contributed by atoms with Gasteiger partial charge in [-0.05, 0) is 49.9 Å². The van der Waals surface area contributed by atoms with Crippen molar-refractivity contribution >= 4 is 23.6 Å². The van der Waals surface area contributed by atoms with Gasteiger partial charge in [0.05, 0.1) is 12.3 Å². The van der Waals surface area contributed by atoms with Gasteiger partial charge in [-0.25, -0.2) is 0 Å². The van der Waals surface area contributed by atoms with Crippen molar-refractivity contribution in [2.45, 2.75) is 31.8 Å². The minimum Gasteiger partial charge on any atom is -0.346 e. The topological polar surface area (TPSA) is 80.1 Å².